The summed E-state index contributed by atoms with van der Waals surface area (Å²) in [6, 6.07) is 18.3. The molecular formula is C20H20FN3O. The van der Waals surface area contributed by atoms with E-state index in [0.717, 1.165) is 11.3 Å². The van der Waals surface area contributed by atoms with Gasteiger partial charge in [-0.1, -0.05) is 48.5 Å². The predicted molar refractivity (Wildman–Crippen MR) is 95.9 cm³/mol. The fourth-order valence-electron chi connectivity index (χ4n) is 2.68. The lowest BCUT2D eigenvalue weighted by Crippen LogP contribution is -2.16. The number of rotatable bonds is 6. The van der Waals surface area contributed by atoms with E-state index in [-0.39, 0.29) is 18.1 Å². The van der Waals surface area contributed by atoms with Crippen molar-refractivity contribution in [1.29, 1.82) is 0 Å². The monoisotopic (exact) mass is 337 g/mol. The third kappa shape index (κ3) is 4.53. The molecule has 3 aromatic rings. The van der Waals surface area contributed by atoms with Crippen LogP contribution in [0.5, 0.6) is 0 Å². The zero-order valence-electron chi connectivity index (χ0n) is 14.1. The molecule has 128 valence electrons. The first-order valence-electron chi connectivity index (χ1n) is 8.23. The standard InChI is InChI=1S/C20H20FN3O/c1-15-13-19(24(23-15)14-16-7-3-2-4-8-16)22-20(25)12-11-17-9-5-6-10-18(17)21/h2-10,13H,11-12,14H2,1H3,(H,22,25). The second kappa shape index (κ2) is 7.75. The first-order chi connectivity index (χ1) is 12.1. The zero-order chi connectivity index (χ0) is 17.6. The molecule has 0 atom stereocenters. The van der Waals surface area contributed by atoms with Crippen molar-refractivity contribution in [1.82, 2.24) is 9.78 Å². The Bertz CT molecular complexity index is 858. The predicted octanol–water partition coefficient (Wildman–Crippen LogP) is 3.95. The SMILES string of the molecule is Cc1cc(NC(=O)CCc2ccccc2F)n(Cc2ccccc2)n1. The van der Waals surface area contributed by atoms with Crippen LogP contribution in [0.15, 0.2) is 60.7 Å². The van der Waals surface area contributed by atoms with Gasteiger partial charge in [0.05, 0.1) is 12.2 Å². The molecule has 0 spiro atoms. The zero-order valence-corrected chi connectivity index (χ0v) is 14.1. The van der Waals surface area contributed by atoms with E-state index in [9.17, 15) is 9.18 Å². The van der Waals surface area contributed by atoms with Gasteiger partial charge in [0, 0.05) is 12.5 Å². The van der Waals surface area contributed by atoms with Gasteiger partial charge in [-0.2, -0.15) is 5.10 Å². The summed E-state index contributed by atoms with van der Waals surface area (Å²) in [5.74, 6) is 0.220. The number of halogens is 1. The lowest BCUT2D eigenvalue weighted by molar-refractivity contribution is -0.116. The molecule has 0 fully saturated rings. The highest BCUT2D eigenvalue weighted by atomic mass is 19.1. The fraction of sp³-hybridized carbons (Fsp3) is 0.200. The third-order valence-corrected chi connectivity index (χ3v) is 3.92. The van der Waals surface area contributed by atoms with E-state index in [1.54, 1.807) is 22.9 Å². The van der Waals surface area contributed by atoms with Gasteiger partial charge in [0.25, 0.3) is 0 Å². The van der Waals surface area contributed by atoms with E-state index < -0.39 is 0 Å². The number of nitrogens with one attached hydrogen (secondary N) is 1. The average Bonchev–Trinajstić information content (AvgIpc) is 2.94. The number of benzene rings is 2. The second-order valence-corrected chi connectivity index (χ2v) is 5.95. The van der Waals surface area contributed by atoms with Crippen molar-refractivity contribution in [3.05, 3.63) is 83.3 Å². The highest BCUT2D eigenvalue weighted by Gasteiger charge is 2.11. The van der Waals surface area contributed by atoms with E-state index in [1.165, 1.54) is 6.07 Å². The maximum Gasteiger partial charge on any atom is 0.225 e. The fourth-order valence-corrected chi connectivity index (χ4v) is 2.68. The number of aryl methyl sites for hydroxylation is 2. The van der Waals surface area contributed by atoms with Gasteiger partial charge in [0.15, 0.2) is 0 Å². The van der Waals surface area contributed by atoms with E-state index in [0.29, 0.717) is 24.3 Å². The summed E-state index contributed by atoms with van der Waals surface area (Å²) in [5, 5.41) is 7.31. The minimum absolute atomic E-state index is 0.155. The maximum atomic E-state index is 13.6. The molecule has 0 aliphatic rings. The maximum absolute atomic E-state index is 13.6. The van der Waals surface area contributed by atoms with Gasteiger partial charge in [-0.3, -0.25) is 4.79 Å². The van der Waals surface area contributed by atoms with Crippen LogP contribution in [0.2, 0.25) is 0 Å². The van der Waals surface area contributed by atoms with Crippen molar-refractivity contribution in [2.45, 2.75) is 26.3 Å². The molecule has 0 aliphatic carbocycles. The molecule has 1 heterocycles. The van der Waals surface area contributed by atoms with E-state index in [1.807, 2.05) is 43.3 Å². The van der Waals surface area contributed by atoms with Crippen molar-refractivity contribution in [3.63, 3.8) is 0 Å². The number of carbonyl (C=O) groups excluding carboxylic acids is 1. The van der Waals surface area contributed by atoms with Crippen LogP contribution in [0.25, 0.3) is 0 Å². The number of aromatic nitrogens is 2. The van der Waals surface area contributed by atoms with Crippen molar-refractivity contribution >= 4 is 11.7 Å². The van der Waals surface area contributed by atoms with Gasteiger partial charge in [0.2, 0.25) is 5.91 Å². The molecule has 5 heteroatoms. The van der Waals surface area contributed by atoms with Crippen LogP contribution in [-0.4, -0.2) is 15.7 Å². The summed E-state index contributed by atoms with van der Waals surface area (Å²) in [4.78, 5) is 12.2. The summed E-state index contributed by atoms with van der Waals surface area (Å²) in [5.41, 5.74) is 2.49. The van der Waals surface area contributed by atoms with Gasteiger partial charge < -0.3 is 5.32 Å². The number of anilines is 1. The van der Waals surface area contributed by atoms with Gasteiger partial charge in [-0.05, 0) is 30.5 Å². The van der Waals surface area contributed by atoms with Crippen molar-refractivity contribution < 1.29 is 9.18 Å². The molecule has 0 bridgehead atoms. The first kappa shape index (κ1) is 16.9. The molecule has 0 unspecified atom stereocenters. The summed E-state index contributed by atoms with van der Waals surface area (Å²) in [6.07, 6.45) is 0.584. The molecule has 0 aliphatic heterocycles. The van der Waals surface area contributed by atoms with Crippen LogP contribution in [0.3, 0.4) is 0 Å². The van der Waals surface area contributed by atoms with Gasteiger partial charge >= 0.3 is 0 Å². The van der Waals surface area contributed by atoms with Crippen LogP contribution in [0.1, 0.15) is 23.2 Å². The van der Waals surface area contributed by atoms with Crippen LogP contribution in [0, 0.1) is 12.7 Å². The highest BCUT2D eigenvalue weighted by Crippen LogP contribution is 2.14. The third-order valence-electron chi connectivity index (χ3n) is 3.92. The number of nitrogens with zero attached hydrogens (tertiary/aromatic N) is 2. The van der Waals surface area contributed by atoms with E-state index in [2.05, 4.69) is 10.4 Å². The molecule has 4 nitrogen and oxygen atoms in total. The summed E-state index contributed by atoms with van der Waals surface area (Å²) >= 11 is 0. The molecule has 25 heavy (non-hydrogen) atoms. The Labute approximate surface area is 146 Å². The summed E-state index contributed by atoms with van der Waals surface area (Å²) < 4.78 is 15.4. The number of carbonyl (C=O) groups is 1. The van der Waals surface area contributed by atoms with Gasteiger partial charge in [-0.25, -0.2) is 9.07 Å². The topological polar surface area (TPSA) is 46.9 Å². The molecule has 2 aromatic carbocycles. The van der Waals surface area contributed by atoms with Crippen LogP contribution >= 0.6 is 0 Å². The lowest BCUT2D eigenvalue weighted by atomic mass is 10.1. The number of amides is 1. The van der Waals surface area contributed by atoms with Gasteiger partial charge in [-0.15, -0.1) is 0 Å². The molecule has 1 aromatic heterocycles. The molecular weight excluding hydrogens is 317 g/mol. The van der Waals surface area contributed by atoms with Crippen molar-refractivity contribution in [2.24, 2.45) is 0 Å². The molecule has 1 amide bonds. The lowest BCUT2D eigenvalue weighted by Gasteiger charge is -2.09. The van der Waals surface area contributed by atoms with Crippen LogP contribution in [-0.2, 0) is 17.8 Å². The molecule has 0 radical (unpaired) electrons. The minimum Gasteiger partial charge on any atom is -0.311 e. The second-order valence-electron chi connectivity index (χ2n) is 5.95. The van der Waals surface area contributed by atoms with E-state index >= 15 is 0 Å². The Hall–Kier alpha value is -2.95. The van der Waals surface area contributed by atoms with Crippen LogP contribution < -0.4 is 5.32 Å². The summed E-state index contributed by atoms with van der Waals surface area (Å²) in [6.45, 7) is 2.47. The quantitative estimate of drug-likeness (QED) is 0.740. The van der Waals surface area contributed by atoms with Gasteiger partial charge in [0.1, 0.15) is 11.6 Å². The minimum atomic E-state index is -0.278. The smallest absolute Gasteiger partial charge is 0.225 e. The normalized spacial score (nSPS) is 10.6. The number of hydrogen-bond donors (Lipinski definition) is 1. The largest absolute Gasteiger partial charge is 0.311 e. The Kier molecular flexibility index (Phi) is 5.23. The van der Waals surface area contributed by atoms with Crippen molar-refractivity contribution in [3.8, 4) is 0 Å². The Balaban J connectivity index is 1.64. The molecule has 0 saturated carbocycles. The number of hydrogen-bond acceptors (Lipinski definition) is 2. The molecule has 0 saturated heterocycles. The molecule has 3 rings (SSSR count). The Morgan fingerprint density at radius 3 is 2.60 bits per heavy atom. The van der Waals surface area contributed by atoms with E-state index in [4.69, 9.17) is 0 Å². The Morgan fingerprint density at radius 2 is 1.84 bits per heavy atom. The average molecular weight is 337 g/mol. The Morgan fingerprint density at radius 1 is 1.12 bits per heavy atom. The molecule has 1 N–H and O–H groups in total. The highest BCUT2D eigenvalue weighted by molar-refractivity contribution is 5.90. The first-order valence-corrected chi connectivity index (χ1v) is 8.23. The summed E-state index contributed by atoms with van der Waals surface area (Å²) in [7, 11) is 0. The van der Waals surface area contributed by atoms with Crippen molar-refractivity contribution in [2.75, 3.05) is 5.32 Å². The van der Waals surface area contributed by atoms with Crippen LogP contribution in [0.4, 0.5) is 10.2 Å².